The Bertz CT molecular complexity index is 424. The van der Waals surface area contributed by atoms with E-state index in [4.69, 9.17) is 9.47 Å². The van der Waals surface area contributed by atoms with Crippen molar-refractivity contribution in [3.63, 3.8) is 0 Å². The zero-order valence-corrected chi connectivity index (χ0v) is 13.7. The highest BCUT2D eigenvalue weighted by atomic mass is 16.5. The lowest BCUT2D eigenvalue weighted by atomic mass is 10.1. The summed E-state index contributed by atoms with van der Waals surface area (Å²) in [6, 6.07) is 5.96. The van der Waals surface area contributed by atoms with E-state index in [2.05, 4.69) is 31.1 Å². The molecule has 0 saturated heterocycles. The van der Waals surface area contributed by atoms with Crippen LogP contribution in [-0.4, -0.2) is 56.9 Å². The molecular formula is C16H28N2O3. The highest BCUT2D eigenvalue weighted by Gasteiger charge is 2.14. The van der Waals surface area contributed by atoms with Crippen LogP contribution in [0, 0.1) is 0 Å². The fourth-order valence-corrected chi connectivity index (χ4v) is 1.96. The van der Waals surface area contributed by atoms with Gasteiger partial charge in [0.1, 0.15) is 11.5 Å². The second kappa shape index (κ2) is 8.87. The molecule has 0 aromatic heterocycles. The van der Waals surface area contributed by atoms with Gasteiger partial charge < -0.3 is 24.8 Å². The van der Waals surface area contributed by atoms with Gasteiger partial charge in [-0.25, -0.2) is 0 Å². The monoisotopic (exact) mass is 296 g/mol. The maximum Gasteiger partial charge on any atom is 0.124 e. The lowest BCUT2D eigenvalue weighted by molar-refractivity contribution is 0.167. The molecule has 0 bridgehead atoms. The van der Waals surface area contributed by atoms with Gasteiger partial charge in [-0.15, -0.1) is 0 Å². The predicted octanol–water partition coefficient (Wildman–Crippen LogP) is 1.67. The van der Waals surface area contributed by atoms with Gasteiger partial charge >= 0.3 is 0 Å². The van der Waals surface area contributed by atoms with Crippen molar-refractivity contribution in [3.8, 4) is 11.5 Å². The molecule has 5 nitrogen and oxygen atoms in total. The number of ether oxygens (including phenoxy) is 2. The van der Waals surface area contributed by atoms with Crippen molar-refractivity contribution >= 4 is 0 Å². The van der Waals surface area contributed by atoms with Crippen LogP contribution in [0.15, 0.2) is 18.2 Å². The van der Waals surface area contributed by atoms with Crippen LogP contribution in [0.5, 0.6) is 11.5 Å². The molecule has 0 fully saturated rings. The lowest BCUT2D eigenvalue weighted by Gasteiger charge is -2.22. The second-order valence-electron chi connectivity index (χ2n) is 5.40. The summed E-state index contributed by atoms with van der Waals surface area (Å²) >= 11 is 0. The number of hydrogen-bond acceptors (Lipinski definition) is 5. The number of benzene rings is 1. The third-order valence-electron chi connectivity index (χ3n) is 3.66. The highest BCUT2D eigenvalue weighted by Crippen LogP contribution is 2.28. The first-order valence-electron chi connectivity index (χ1n) is 7.30. The quantitative estimate of drug-likeness (QED) is 0.679. The van der Waals surface area contributed by atoms with E-state index >= 15 is 0 Å². The van der Waals surface area contributed by atoms with Gasteiger partial charge in [0.2, 0.25) is 0 Å². The average molecular weight is 296 g/mol. The van der Waals surface area contributed by atoms with Gasteiger partial charge in [-0.2, -0.15) is 0 Å². The fourth-order valence-electron chi connectivity index (χ4n) is 1.96. The summed E-state index contributed by atoms with van der Waals surface area (Å²) in [5.41, 5.74) is 0.738. The zero-order chi connectivity index (χ0) is 15.8. The Morgan fingerprint density at radius 2 is 1.95 bits per heavy atom. The summed E-state index contributed by atoms with van der Waals surface area (Å²) < 4.78 is 10.5. The SMILES string of the molecule is COc1ccc(OC)c(C(O)CNCCN(C)C(C)C)c1. The topological polar surface area (TPSA) is 54.0 Å². The molecule has 0 spiro atoms. The van der Waals surface area contributed by atoms with Gasteiger partial charge in [0.15, 0.2) is 0 Å². The van der Waals surface area contributed by atoms with Gasteiger partial charge in [-0.3, -0.25) is 0 Å². The summed E-state index contributed by atoms with van der Waals surface area (Å²) in [5, 5.41) is 13.6. The molecule has 0 aliphatic heterocycles. The normalized spacial score (nSPS) is 12.8. The Kier molecular flexibility index (Phi) is 7.50. The van der Waals surface area contributed by atoms with E-state index in [-0.39, 0.29) is 0 Å². The maximum absolute atomic E-state index is 10.3. The molecule has 1 atom stereocenters. The Hall–Kier alpha value is -1.30. The molecule has 0 radical (unpaired) electrons. The standard InChI is InChI=1S/C16H28N2O3/c1-12(2)18(3)9-8-17-11-15(19)14-10-13(20-4)6-7-16(14)21-5/h6-7,10,12,15,17,19H,8-9,11H2,1-5H3. The van der Waals surface area contributed by atoms with Crippen molar-refractivity contribution in [1.82, 2.24) is 10.2 Å². The van der Waals surface area contributed by atoms with Crippen LogP contribution in [0.3, 0.4) is 0 Å². The molecule has 0 amide bonds. The molecule has 0 aliphatic carbocycles. The number of aliphatic hydroxyl groups is 1. The number of rotatable bonds is 9. The van der Waals surface area contributed by atoms with E-state index in [0.29, 0.717) is 24.1 Å². The summed E-state index contributed by atoms with van der Waals surface area (Å²) in [7, 11) is 5.30. The minimum Gasteiger partial charge on any atom is -0.497 e. The number of nitrogens with zero attached hydrogens (tertiary/aromatic N) is 1. The van der Waals surface area contributed by atoms with Crippen LogP contribution in [0.2, 0.25) is 0 Å². The largest absolute Gasteiger partial charge is 0.497 e. The van der Waals surface area contributed by atoms with Crippen LogP contribution >= 0.6 is 0 Å². The molecule has 5 heteroatoms. The number of aliphatic hydroxyl groups excluding tert-OH is 1. The van der Waals surface area contributed by atoms with E-state index in [1.807, 2.05) is 18.2 Å². The minimum absolute atomic E-state index is 0.482. The molecule has 1 aromatic carbocycles. The van der Waals surface area contributed by atoms with Gasteiger partial charge in [0.25, 0.3) is 0 Å². The predicted molar refractivity (Wildman–Crippen MR) is 85.1 cm³/mol. The Morgan fingerprint density at radius 3 is 2.52 bits per heavy atom. The van der Waals surface area contributed by atoms with Crippen LogP contribution in [0.1, 0.15) is 25.5 Å². The Balaban J connectivity index is 2.53. The molecule has 0 saturated carbocycles. The average Bonchev–Trinajstić information content (AvgIpc) is 2.50. The molecule has 1 unspecified atom stereocenters. The van der Waals surface area contributed by atoms with Crippen molar-refractivity contribution in [2.45, 2.75) is 26.0 Å². The first-order chi connectivity index (χ1) is 9.99. The van der Waals surface area contributed by atoms with E-state index < -0.39 is 6.10 Å². The molecule has 2 N–H and O–H groups in total. The number of likely N-dealkylation sites (N-methyl/N-ethyl adjacent to an activating group) is 1. The van der Waals surface area contributed by atoms with Crippen LogP contribution in [-0.2, 0) is 0 Å². The van der Waals surface area contributed by atoms with Gasteiger partial charge in [0.05, 0.1) is 20.3 Å². The van der Waals surface area contributed by atoms with E-state index in [1.165, 1.54) is 0 Å². The Labute approximate surface area is 127 Å². The maximum atomic E-state index is 10.3. The zero-order valence-electron chi connectivity index (χ0n) is 13.7. The molecule has 0 heterocycles. The number of methoxy groups -OCH3 is 2. The van der Waals surface area contributed by atoms with Crippen molar-refractivity contribution in [2.24, 2.45) is 0 Å². The highest BCUT2D eigenvalue weighted by molar-refractivity contribution is 5.41. The summed E-state index contributed by atoms with van der Waals surface area (Å²) in [4.78, 5) is 2.26. The summed E-state index contributed by atoms with van der Waals surface area (Å²) in [5.74, 6) is 1.38. The Morgan fingerprint density at radius 1 is 1.24 bits per heavy atom. The smallest absolute Gasteiger partial charge is 0.124 e. The minimum atomic E-state index is -0.626. The molecule has 0 aliphatic rings. The van der Waals surface area contributed by atoms with Crippen molar-refractivity contribution in [3.05, 3.63) is 23.8 Å². The van der Waals surface area contributed by atoms with Gasteiger partial charge in [-0.05, 0) is 39.1 Å². The molecular weight excluding hydrogens is 268 g/mol. The van der Waals surface area contributed by atoms with Crippen LogP contribution < -0.4 is 14.8 Å². The third kappa shape index (κ3) is 5.53. The van der Waals surface area contributed by atoms with Crippen molar-refractivity contribution in [2.75, 3.05) is 40.9 Å². The van der Waals surface area contributed by atoms with Gasteiger partial charge in [-0.1, -0.05) is 0 Å². The third-order valence-corrected chi connectivity index (χ3v) is 3.66. The summed E-state index contributed by atoms with van der Waals surface area (Å²) in [6.07, 6.45) is -0.626. The lowest BCUT2D eigenvalue weighted by Crippen LogP contribution is -2.35. The van der Waals surface area contributed by atoms with E-state index in [9.17, 15) is 5.11 Å². The number of hydrogen-bond donors (Lipinski definition) is 2. The van der Waals surface area contributed by atoms with Crippen molar-refractivity contribution < 1.29 is 14.6 Å². The van der Waals surface area contributed by atoms with Gasteiger partial charge in [0, 0.05) is 31.2 Å². The first kappa shape index (κ1) is 17.8. The molecule has 120 valence electrons. The van der Waals surface area contributed by atoms with Crippen LogP contribution in [0.4, 0.5) is 0 Å². The first-order valence-corrected chi connectivity index (χ1v) is 7.30. The molecule has 1 aromatic rings. The second-order valence-corrected chi connectivity index (χ2v) is 5.40. The van der Waals surface area contributed by atoms with Crippen LogP contribution in [0.25, 0.3) is 0 Å². The molecule has 1 rings (SSSR count). The number of nitrogens with one attached hydrogen (secondary N) is 1. The van der Waals surface area contributed by atoms with Crippen molar-refractivity contribution in [1.29, 1.82) is 0 Å². The van der Waals surface area contributed by atoms with E-state index in [0.717, 1.165) is 18.7 Å². The summed E-state index contributed by atoms with van der Waals surface area (Å²) in [6.45, 7) is 6.58. The fraction of sp³-hybridized carbons (Fsp3) is 0.625. The van der Waals surface area contributed by atoms with E-state index in [1.54, 1.807) is 14.2 Å². The molecule has 21 heavy (non-hydrogen) atoms.